The Morgan fingerprint density at radius 3 is 2.62 bits per heavy atom. The van der Waals surface area contributed by atoms with Crippen LogP contribution in [0.4, 0.5) is 5.69 Å². The third-order valence-corrected chi connectivity index (χ3v) is 14.5. The number of benzene rings is 2. The van der Waals surface area contributed by atoms with Crippen LogP contribution in [0.15, 0.2) is 48.6 Å². The van der Waals surface area contributed by atoms with Crippen molar-refractivity contribution in [1.29, 1.82) is 0 Å². The molecule has 5 aliphatic rings. The quantitative estimate of drug-likeness (QED) is 0.421. The fraction of sp³-hybridized carbons (Fsp3) is 0.600. The van der Waals surface area contributed by atoms with Gasteiger partial charge in [0.15, 0.2) is 15.4 Å². The molecule has 1 spiro atoms. The molecule has 5 atom stereocenters. The Morgan fingerprint density at radius 2 is 1.89 bits per heavy atom. The van der Waals surface area contributed by atoms with Crippen molar-refractivity contribution in [3.63, 3.8) is 0 Å². The van der Waals surface area contributed by atoms with Crippen molar-refractivity contribution >= 4 is 39.0 Å². The summed E-state index contributed by atoms with van der Waals surface area (Å²) in [5, 5.41) is 22.9. The smallest absolute Gasteiger partial charge is 0.340 e. The third-order valence-electron chi connectivity index (χ3n) is 12.7. The summed E-state index contributed by atoms with van der Waals surface area (Å²) in [6, 6.07) is 11.2. The van der Waals surface area contributed by atoms with E-state index in [2.05, 4.69) is 34.9 Å². The maximum atomic E-state index is 13.4. The van der Waals surface area contributed by atoms with Gasteiger partial charge in [-0.25, -0.2) is 13.2 Å². The van der Waals surface area contributed by atoms with E-state index in [1.54, 1.807) is 25.2 Å². The number of hydrogen-bond acceptors (Lipinski definition) is 9. The van der Waals surface area contributed by atoms with E-state index in [1.807, 2.05) is 12.1 Å². The summed E-state index contributed by atoms with van der Waals surface area (Å²) in [5.74, 6) is -0.817. The molecule has 53 heavy (non-hydrogen) atoms. The molecule has 7 rings (SSSR count). The molecule has 1 saturated carbocycles. The van der Waals surface area contributed by atoms with Crippen LogP contribution in [-0.4, -0.2) is 117 Å². The number of halogens is 1. The second kappa shape index (κ2) is 14.8. The Balaban J connectivity index is 1.25. The molecule has 0 radical (unpaired) electrons. The molecule has 288 valence electrons. The van der Waals surface area contributed by atoms with Crippen LogP contribution in [0.25, 0.3) is 0 Å². The van der Waals surface area contributed by atoms with E-state index in [9.17, 15) is 28.2 Å². The van der Waals surface area contributed by atoms with Crippen molar-refractivity contribution in [1.82, 2.24) is 9.80 Å². The number of sulfone groups is 1. The van der Waals surface area contributed by atoms with Crippen molar-refractivity contribution in [2.45, 2.75) is 69.0 Å². The maximum Gasteiger partial charge on any atom is 0.340 e. The first-order chi connectivity index (χ1) is 25.2. The minimum absolute atomic E-state index is 0.139. The van der Waals surface area contributed by atoms with Crippen molar-refractivity contribution in [3.8, 4) is 5.75 Å². The molecule has 1 saturated heterocycles. The number of hydrogen-bond donors (Lipinski definition) is 2. The van der Waals surface area contributed by atoms with Crippen molar-refractivity contribution in [2.75, 3.05) is 75.9 Å². The van der Waals surface area contributed by atoms with Gasteiger partial charge in [-0.3, -0.25) is 9.69 Å². The Labute approximate surface area is 317 Å². The summed E-state index contributed by atoms with van der Waals surface area (Å²) in [6.07, 6.45) is 8.64. The van der Waals surface area contributed by atoms with Gasteiger partial charge in [0.1, 0.15) is 5.75 Å². The zero-order chi connectivity index (χ0) is 37.6. The molecule has 2 N–H and O–H groups in total. The Morgan fingerprint density at radius 1 is 1.09 bits per heavy atom. The molecule has 11 nitrogen and oxygen atoms in total. The molecule has 2 aromatic rings. The van der Waals surface area contributed by atoms with Crippen molar-refractivity contribution in [2.24, 2.45) is 11.3 Å². The van der Waals surface area contributed by atoms with Crippen LogP contribution in [0, 0.1) is 11.3 Å². The predicted molar refractivity (Wildman–Crippen MR) is 203 cm³/mol. The van der Waals surface area contributed by atoms with Crippen LogP contribution >= 0.6 is 11.6 Å². The van der Waals surface area contributed by atoms with Crippen LogP contribution in [0.3, 0.4) is 0 Å². The molecule has 1 amide bonds. The Kier molecular flexibility index (Phi) is 10.7. The second-order valence-corrected chi connectivity index (χ2v) is 19.0. The van der Waals surface area contributed by atoms with Crippen LogP contribution in [0.1, 0.15) is 62.1 Å². The van der Waals surface area contributed by atoms with Gasteiger partial charge in [0.05, 0.1) is 42.9 Å². The molecule has 1 unspecified atom stereocenters. The van der Waals surface area contributed by atoms with E-state index in [0.29, 0.717) is 75.4 Å². The minimum Gasteiger partial charge on any atom is -0.490 e. The SMILES string of the molecule is CN1CC/C=C/[C@H](OCCN2CCS(=O)(=O)CC2)[C@@H]2CCC2(C)CN2C[C@@]3(CCCc4cc(Cl)ccc43)COc3ccc(cc32)[C@@](O)(C(=O)O)CC1=O. The van der Waals surface area contributed by atoms with Crippen LogP contribution in [0.2, 0.25) is 5.02 Å². The lowest BCUT2D eigenvalue weighted by molar-refractivity contribution is -0.164. The lowest BCUT2D eigenvalue weighted by atomic mass is 9.58. The first-order valence-electron chi connectivity index (χ1n) is 18.9. The lowest BCUT2D eigenvalue weighted by Gasteiger charge is -2.53. The number of carbonyl (C=O) groups excluding carboxylic acids is 1. The zero-order valence-corrected chi connectivity index (χ0v) is 32.3. The van der Waals surface area contributed by atoms with E-state index < -0.39 is 33.7 Å². The van der Waals surface area contributed by atoms with Crippen LogP contribution in [-0.2, 0) is 41.6 Å². The molecule has 3 aliphatic heterocycles. The summed E-state index contributed by atoms with van der Waals surface area (Å²) < 4.78 is 37.3. The molecule has 2 bridgehead atoms. The summed E-state index contributed by atoms with van der Waals surface area (Å²) >= 11 is 6.48. The van der Waals surface area contributed by atoms with Gasteiger partial charge in [0, 0.05) is 56.8 Å². The van der Waals surface area contributed by atoms with Gasteiger partial charge in [0.25, 0.3) is 0 Å². The van der Waals surface area contributed by atoms with Gasteiger partial charge < -0.3 is 29.5 Å². The highest BCUT2D eigenvalue weighted by molar-refractivity contribution is 7.91. The molecular weight excluding hydrogens is 718 g/mol. The normalized spacial score (nSPS) is 32.5. The molecule has 2 aromatic carbocycles. The first kappa shape index (κ1) is 38.1. The van der Waals surface area contributed by atoms with Gasteiger partial charge in [-0.2, -0.15) is 0 Å². The lowest BCUT2D eigenvalue weighted by Crippen LogP contribution is -2.54. The van der Waals surface area contributed by atoms with Gasteiger partial charge in [-0.15, -0.1) is 0 Å². The minimum atomic E-state index is -2.97. The van der Waals surface area contributed by atoms with Gasteiger partial charge in [0.2, 0.25) is 5.91 Å². The average molecular weight is 770 g/mol. The molecule has 2 aliphatic carbocycles. The highest BCUT2D eigenvalue weighted by atomic mass is 35.5. The fourth-order valence-electron chi connectivity index (χ4n) is 9.22. The molecular formula is C40H52ClN3O8S. The van der Waals surface area contributed by atoms with E-state index in [1.165, 1.54) is 16.0 Å². The number of carboxylic acid groups (broad SMARTS) is 1. The number of fused-ring (bicyclic) bond motifs is 4. The molecule has 3 heterocycles. The summed E-state index contributed by atoms with van der Waals surface area (Å²) in [4.78, 5) is 32.2. The maximum absolute atomic E-state index is 13.4. The Bertz CT molecular complexity index is 1860. The number of carboxylic acids is 1. The number of amides is 1. The largest absolute Gasteiger partial charge is 0.490 e. The number of rotatable bonds is 5. The van der Waals surface area contributed by atoms with E-state index in [-0.39, 0.29) is 39.9 Å². The van der Waals surface area contributed by atoms with E-state index in [4.69, 9.17) is 21.1 Å². The number of aliphatic carboxylic acids is 1. The zero-order valence-electron chi connectivity index (χ0n) is 30.8. The Hall–Kier alpha value is -3.16. The summed E-state index contributed by atoms with van der Waals surface area (Å²) in [6.45, 7) is 6.51. The number of aliphatic hydroxyl groups is 1. The summed E-state index contributed by atoms with van der Waals surface area (Å²) in [5.41, 5.74) is 0.304. The highest BCUT2D eigenvalue weighted by Gasteiger charge is 2.50. The summed E-state index contributed by atoms with van der Waals surface area (Å²) in [7, 11) is -1.35. The van der Waals surface area contributed by atoms with Gasteiger partial charge >= 0.3 is 5.97 Å². The number of nitrogens with zero attached hydrogens (tertiary/aromatic N) is 3. The van der Waals surface area contributed by atoms with Crippen molar-refractivity contribution in [3.05, 3.63) is 70.3 Å². The van der Waals surface area contributed by atoms with Gasteiger partial charge in [-0.1, -0.05) is 42.8 Å². The molecule has 13 heteroatoms. The van der Waals surface area contributed by atoms with Crippen LogP contribution < -0.4 is 9.64 Å². The monoisotopic (exact) mass is 769 g/mol. The van der Waals surface area contributed by atoms with E-state index >= 15 is 0 Å². The topological polar surface area (TPSA) is 137 Å². The fourth-order valence-corrected chi connectivity index (χ4v) is 10.7. The number of carbonyl (C=O) groups is 2. The molecule has 0 aromatic heterocycles. The average Bonchev–Trinajstić information content (AvgIpc) is 3.26. The number of anilines is 1. The van der Waals surface area contributed by atoms with Crippen molar-refractivity contribution < 1.29 is 37.7 Å². The van der Waals surface area contributed by atoms with E-state index in [0.717, 1.165) is 32.1 Å². The van der Waals surface area contributed by atoms with Crippen LogP contribution in [0.5, 0.6) is 5.75 Å². The standard InChI is InChI=1S/C40H52ClN3O8S/c1-38-14-12-32(38)34(51-19-16-43-17-20-53(49,50)21-18-43)7-3-4-15-42(2)36(45)24-40(48,37(46)47)29-8-11-35-33(23-29)44(25-38)26-39(27-52-35)13-5-6-28-22-30(41)9-10-31(28)39/h3,7-11,22-23,32,34,48H,4-6,12-21,24-27H2,1-2H3,(H,46,47)/b7-3+/t32-,34-,38?,39-,40+/m0/s1. The number of aryl methyl sites for hydroxylation is 1. The second-order valence-electron chi connectivity index (χ2n) is 16.3. The third kappa shape index (κ3) is 7.72. The first-order valence-corrected chi connectivity index (χ1v) is 21.1. The molecule has 2 fully saturated rings. The highest BCUT2D eigenvalue weighted by Crippen LogP contribution is 2.53. The number of ether oxygens (including phenoxy) is 2. The predicted octanol–water partition coefficient (Wildman–Crippen LogP) is 4.43. The van der Waals surface area contributed by atoms with Gasteiger partial charge in [-0.05, 0) is 90.8 Å².